The summed E-state index contributed by atoms with van der Waals surface area (Å²) in [7, 11) is 0. The normalized spacial score (nSPS) is 22.7. The summed E-state index contributed by atoms with van der Waals surface area (Å²) < 4.78 is 15.1. The summed E-state index contributed by atoms with van der Waals surface area (Å²) in [6.45, 7) is 10.8. The van der Waals surface area contributed by atoms with Gasteiger partial charge < -0.3 is 24.9 Å². The Bertz CT molecular complexity index is 2120. The van der Waals surface area contributed by atoms with Gasteiger partial charge in [0.2, 0.25) is 11.8 Å². The minimum absolute atomic E-state index is 0.0934. The number of imide groups is 1. The highest BCUT2D eigenvalue weighted by Gasteiger charge is 2.44. The molecule has 3 aromatic rings. The van der Waals surface area contributed by atoms with Crippen LogP contribution < -0.4 is 25.3 Å². The standard InChI is InChI=1S/C45H52ClFN8O4/c1-30-26-45(29-55(30)36-7-4-33(27-48)38(46)24-36)14-18-52(19-15-45)34-5-2-32(3-6-34)44(59)54-16-12-31(13-17-54)28-51-20-22-53(23-21-51)35-8-9-37(39(47)25-35)42(57)49-40-10-11-41(56)50-43(40)58/h2-9,24-25,30-31,40H,10-23,26,28-29H2,1H3,(H,49,57)(H,50,56,58)/t30-,40+/m0/s1. The number of piperazine rings is 1. The molecule has 0 unspecified atom stereocenters. The van der Waals surface area contributed by atoms with Crippen LogP contribution in [0.3, 0.4) is 0 Å². The van der Waals surface area contributed by atoms with Gasteiger partial charge in [-0.3, -0.25) is 29.4 Å². The van der Waals surface area contributed by atoms with Gasteiger partial charge in [-0.1, -0.05) is 11.6 Å². The van der Waals surface area contributed by atoms with Crippen LogP contribution in [0.15, 0.2) is 60.7 Å². The molecule has 5 fully saturated rings. The summed E-state index contributed by atoms with van der Waals surface area (Å²) in [6, 6.07) is 20.2. The molecule has 5 aliphatic heterocycles. The van der Waals surface area contributed by atoms with Crippen molar-refractivity contribution in [2.24, 2.45) is 11.3 Å². The molecule has 0 aromatic heterocycles. The van der Waals surface area contributed by atoms with E-state index in [1.807, 2.05) is 35.2 Å². The third kappa shape index (κ3) is 8.89. The van der Waals surface area contributed by atoms with Crippen molar-refractivity contribution in [1.82, 2.24) is 20.4 Å². The zero-order chi connectivity index (χ0) is 41.3. The lowest BCUT2D eigenvalue weighted by molar-refractivity contribution is -0.134. The summed E-state index contributed by atoms with van der Waals surface area (Å²) in [5.74, 6) is -1.68. The molecule has 1 spiro atoms. The number of nitrogens with one attached hydrogen (secondary N) is 2. The summed E-state index contributed by atoms with van der Waals surface area (Å²) >= 11 is 6.38. The fourth-order valence-electron chi connectivity index (χ4n) is 9.86. The molecule has 5 saturated heterocycles. The predicted molar refractivity (Wildman–Crippen MR) is 225 cm³/mol. The van der Waals surface area contributed by atoms with E-state index in [0.717, 1.165) is 114 Å². The highest BCUT2D eigenvalue weighted by molar-refractivity contribution is 6.32. The van der Waals surface area contributed by atoms with E-state index in [-0.39, 0.29) is 35.6 Å². The Kier molecular flexibility index (Phi) is 11.8. The molecule has 12 nitrogen and oxygen atoms in total. The van der Waals surface area contributed by atoms with E-state index in [9.17, 15) is 24.4 Å². The van der Waals surface area contributed by atoms with Gasteiger partial charge in [0.15, 0.2) is 0 Å². The van der Waals surface area contributed by atoms with Crippen LogP contribution in [0.2, 0.25) is 5.02 Å². The van der Waals surface area contributed by atoms with Gasteiger partial charge in [0, 0.05) is 101 Å². The number of amides is 4. The molecular weight excluding hydrogens is 771 g/mol. The number of piperidine rings is 3. The first kappa shape index (κ1) is 40.6. The zero-order valence-electron chi connectivity index (χ0n) is 33.6. The number of halogens is 2. The van der Waals surface area contributed by atoms with Crippen LogP contribution in [0.1, 0.15) is 78.1 Å². The van der Waals surface area contributed by atoms with E-state index < -0.39 is 23.7 Å². The Morgan fingerprint density at radius 1 is 0.881 bits per heavy atom. The van der Waals surface area contributed by atoms with Gasteiger partial charge in [-0.15, -0.1) is 0 Å². The van der Waals surface area contributed by atoms with Gasteiger partial charge in [0.1, 0.15) is 17.9 Å². The van der Waals surface area contributed by atoms with Crippen LogP contribution in [-0.2, 0) is 9.59 Å². The smallest absolute Gasteiger partial charge is 0.254 e. The van der Waals surface area contributed by atoms with E-state index in [4.69, 9.17) is 11.6 Å². The van der Waals surface area contributed by atoms with Gasteiger partial charge in [-0.25, -0.2) is 4.39 Å². The average Bonchev–Trinajstić information content (AvgIpc) is 3.57. The van der Waals surface area contributed by atoms with E-state index in [2.05, 4.69) is 55.4 Å². The second-order valence-corrected chi connectivity index (χ2v) is 17.6. The number of anilines is 3. The molecule has 5 heterocycles. The Labute approximate surface area is 350 Å². The molecule has 0 bridgehead atoms. The number of carbonyl (C=O) groups excluding carboxylic acids is 4. The maximum Gasteiger partial charge on any atom is 0.254 e. The molecule has 4 amide bonds. The molecule has 59 heavy (non-hydrogen) atoms. The van der Waals surface area contributed by atoms with Gasteiger partial charge in [0.05, 0.1) is 16.1 Å². The number of nitrogens with zero attached hydrogens (tertiary/aromatic N) is 6. The second kappa shape index (κ2) is 17.2. The molecule has 3 aromatic carbocycles. The van der Waals surface area contributed by atoms with Gasteiger partial charge in [0.25, 0.3) is 11.8 Å². The van der Waals surface area contributed by atoms with Crippen LogP contribution in [0, 0.1) is 28.5 Å². The van der Waals surface area contributed by atoms with Crippen LogP contribution in [-0.4, -0.2) is 111 Å². The molecule has 5 aliphatic rings. The summed E-state index contributed by atoms with van der Waals surface area (Å²) in [6.07, 6.45) is 5.59. The SMILES string of the molecule is C[C@H]1CC2(CCN(c3ccc(C(=O)N4CCC(CN5CCN(c6ccc(C(=O)N[C@@H]7CCC(=O)NC7=O)c(F)c6)CC5)CC4)cc3)CC2)CN1c1ccc(C#N)c(Cl)c1. The Hall–Kier alpha value is -5.19. The van der Waals surface area contributed by atoms with Crippen molar-refractivity contribution in [2.75, 3.05) is 80.1 Å². The zero-order valence-corrected chi connectivity index (χ0v) is 34.4. The van der Waals surface area contributed by atoms with Crippen LogP contribution in [0.4, 0.5) is 21.5 Å². The van der Waals surface area contributed by atoms with Gasteiger partial charge in [-0.2, -0.15) is 5.26 Å². The fraction of sp³-hybridized carbons (Fsp3) is 0.489. The number of benzene rings is 3. The predicted octanol–water partition coefficient (Wildman–Crippen LogP) is 5.45. The van der Waals surface area contributed by atoms with E-state index in [1.165, 1.54) is 12.1 Å². The highest BCUT2D eigenvalue weighted by Crippen LogP contribution is 2.46. The largest absolute Gasteiger partial charge is 0.371 e. The molecule has 0 aliphatic carbocycles. The monoisotopic (exact) mass is 822 g/mol. The van der Waals surface area contributed by atoms with E-state index in [1.54, 1.807) is 6.07 Å². The lowest BCUT2D eigenvalue weighted by atomic mass is 9.76. The minimum atomic E-state index is -0.864. The van der Waals surface area contributed by atoms with Crippen molar-refractivity contribution in [3.8, 4) is 6.07 Å². The molecule has 0 saturated carbocycles. The number of likely N-dealkylation sites (tertiary alicyclic amines) is 1. The van der Waals surface area contributed by atoms with Crippen molar-refractivity contribution < 1.29 is 23.6 Å². The average molecular weight is 823 g/mol. The lowest BCUT2D eigenvalue weighted by Gasteiger charge is -2.40. The first-order valence-electron chi connectivity index (χ1n) is 21.0. The quantitative estimate of drug-likeness (QED) is 0.285. The number of carbonyl (C=O) groups is 4. The second-order valence-electron chi connectivity index (χ2n) is 17.2. The van der Waals surface area contributed by atoms with Crippen LogP contribution in [0.5, 0.6) is 0 Å². The third-order valence-electron chi connectivity index (χ3n) is 13.4. The third-order valence-corrected chi connectivity index (χ3v) is 13.7. The first-order chi connectivity index (χ1) is 28.5. The van der Waals surface area contributed by atoms with Crippen LogP contribution in [0.25, 0.3) is 0 Å². The summed E-state index contributed by atoms with van der Waals surface area (Å²) in [5.41, 5.74) is 4.32. The molecule has 310 valence electrons. The molecule has 14 heteroatoms. The Morgan fingerprint density at radius 2 is 1.56 bits per heavy atom. The number of nitriles is 1. The van der Waals surface area contributed by atoms with E-state index in [0.29, 0.717) is 28.2 Å². The van der Waals surface area contributed by atoms with Gasteiger partial charge >= 0.3 is 0 Å². The summed E-state index contributed by atoms with van der Waals surface area (Å²) in [4.78, 5) is 61.1. The number of rotatable bonds is 8. The van der Waals surface area contributed by atoms with Crippen molar-refractivity contribution in [3.63, 3.8) is 0 Å². The molecular formula is C45H52ClFN8O4. The maximum atomic E-state index is 15.1. The Morgan fingerprint density at radius 3 is 2.22 bits per heavy atom. The van der Waals surface area contributed by atoms with Crippen LogP contribution >= 0.6 is 11.6 Å². The number of hydrogen-bond donors (Lipinski definition) is 2. The molecule has 8 rings (SSSR count). The lowest BCUT2D eigenvalue weighted by Crippen LogP contribution is -2.52. The van der Waals surface area contributed by atoms with Crippen molar-refractivity contribution in [3.05, 3.63) is 88.2 Å². The Balaban J connectivity index is 0.757. The summed E-state index contributed by atoms with van der Waals surface area (Å²) in [5, 5.41) is 14.5. The molecule has 0 radical (unpaired) electrons. The van der Waals surface area contributed by atoms with E-state index >= 15 is 4.39 Å². The maximum absolute atomic E-state index is 15.1. The topological polar surface area (TPSA) is 132 Å². The molecule has 2 N–H and O–H groups in total. The van der Waals surface area contributed by atoms with Gasteiger partial charge in [-0.05, 0) is 117 Å². The van der Waals surface area contributed by atoms with Crippen molar-refractivity contribution in [1.29, 1.82) is 5.26 Å². The highest BCUT2D eigenvalue weighted by atomic mass is 35.5. The fourth-order valence-corrected chi connectivity index (χ4v) is 10.1. The minimum Gasteiger partial charge on any atom is -0.371 e. The van der Waals surface area contributed by atoms with Crippen molar-refractivity contribution in [2.45, 2.75) is 64.0 Å². The number of hydrogen-bond acceptors (Lipinski definition) is 9. The van der Waals surface area contributed by atoms with Crippen molar-refractivity contribution >= 4 is 52.3 Å². The first-order valence-corrected chi connectivity index (χ1v) is 21.4. The molecule has 2 atom stereocenters.